The number of aromatic nitrogens is 5. The van der Waals surface area contributed by atoms with Crippen molar-refractivity contribution in [1.29, 1.82) is 0 Å². The molecule has 184 valence electrons. The first kappa shape index (κ1) is 22.4. The maximum Gasteiger partial charge on any atom is 0.341 e. The molecule has 1 aliphatic heterocycles. The number of pyridine rings is 2. The van der Waals surface area contributed by atoms with E-state index in [0.29, 0.717) is 25.2 Å². The maximum absolute atomic E-state index is 15.4. The Morgan fingerprint density at radius 3 is 2.69 bits per heavy atom. The molecule has 3 aromatic heterocycles. The van der Waals surface area contributed by atoms with Gasteiger partial charge in [0.05, 0.1) is 23.7 Å². The molecule has 4 heterocycles. The Morgan fingerprint density at radius 1 is 1.14 bits per heavy atom. The van der Waals surface area contributed by atoms with Crippen molar-refractivity contribution in [2.24, 2.45) is 0 Å². The predicted molar refractivity (Wildman–Crippen MR) is 131 cm³/mol. The summed E-state index contributed by atoms with van der Waals surface area (Å²) < 4.78 is 18.9. The molecule has 6 rings (SSSR count). The average molecular weight is 489 g/mol. The quantitative estimate of drug-likeness (QED) is 0.425. The van der Waals surface area contributed by atoms with E-state index in [1.807, 2.05) is 41.4 Å². The van der Waals surface area contributed by atoms with E-state index < -0.39 is 17.2 Å². The van der Waals surface area contributed by atoms with Gasteiger partial charge in [-0.05, 0) is 37.3 Å². The van der Waals surface area contributed by atoms with E-state index in [1.165, 1.54) is 6.20 Å². The number of benzene rings is 1. The number of fused-ring (bicyclic) bond motifs is 1. The van der Waals surface area contributed by atoms with Gasteiger partial charge in [0.1, 0.15) is 11.2 Å². The molecule has 2 aliphatic rings. The van der Waals surface area contributed by atoms with E-state index in [-0.39, 0.29) is 28.9 Å². The normalized spacial score (nSPS) is 17.7. The molecular formula is C26H25FN6O3. The van der Waals surface area contributed by atoms with Crippen LogP contribution in [0.25, 0.3) is 11.0 Å². The fourth-order valence-electron chi connectivity index (χ4n) is 5.06. The van der Waals surface area contributed by atoms with Crippen molar-refractivity contribution in [3.8, 4) is 0 Å². The number of hydrogen-bond donors (Lipinski definition) is 1. The molecule has 1 saturated carbocycles. The summed E-state index contributed by atoms with van der Waals surface area (Å²) in [5.41, 5.74) is 1.28. The summed E-state index contributed by atoms with van der Waals surface area (Å²) in [4.78, 5) is 30.9. The third kappa shape index (κ3) is 4.12. The van der Waals surface area contributed by atoms with Gasteiger partial charge in [0, 0.05) is 31.4 Å². The van der Waals surface area contributed by atoms with Gasteiger partial charge in [0.2, 0.25) is 5.43 Å². The van der Waals surface area contributed by atoms with Crippen LogP contribution in [0.4, 0.5) is 10.2 Å². The highest BCUT2D eigenvalue weighted by Gasteiger charge is 2.32. The highest BCUT2D eigenvalue weighted by molar-refractivity contribution is 5.92. The topological polar surface area (TPSA) is 106 Å². The first-order valence-electron chi connectivity index (χ1n) is 12.2. The first-order chi connectivity index (χ1) is 17.5. The van der Waals surface area contributed by atoms with Crippen LogP contribution in [-0.2, 0) is 13.0 Å². The van der Waals surface area contributed by atoms with Gasteiger partial charge >= 0.3 is 5.97 Å². The van der Waals surface area contributed by atoms with Crippen LogP contribution in [0.15, 0.2) is 53.6 Å². The molecule has 0 amide bonds. The van der Waals surface area contributed by atoms with E-state index in [9.17, 15) is 14.7 Å². The molecule has 9 nitrogen and oxygen atoms in total. The Labute approximate surface area is 205 Å². The van der Waals surface area contributed by atoms with Crippen molar-refractivity contribution in [2.75, 3.05) is 11.4 Å². The molecule has 0 radical (unpaired) electrons. The molecule has 0 spiro atoms. The van der Waals surface area contributed by atoms with Crippen LogP contribution < -0.4 is 10.3 Å². The molecule has 1 aromatic carbocycles. The lowest BCUT2D eigenvalue weighted by Crippen LogP contribution is -2.34. The number of nitrogens with zero attached hydrogens (tertiary/aromatic N) is 6. The molecular weight excluding hydrogens is 463 g/mol. The van der Waals surface area contributed by atoms with Crippen molar-refractivity contribution in [3.63, 3.8) is 0 Å². The van der Waals surface area contributed by atoms with Gasteiger partial charge in [0.15, 0.2) is 11.6 Å². The average Bonchev–Trinajstić information content (AvgIpc) is 3.46. The van der Waals surface area contributed by atoms with Gasteiger partial charge in [-0.25, -0.2) is 14.2 Å². The molecule has 0 bridgehead atoms. The van der Waals surface area contributed by atoms with Crippen molar-refractivity contribution in [1.82, 2.24) is 24.5 Å². The SMILES string of the molecule is O=C(O)c1cn(C2CC2)c2nc(N3CCC[C@H]3Cn3cc(Cc4ccccc4)nn3)c(F)cc2c1=O. The Balaban J connectivity index is 1.30. The number of halogens is 1. The number of rotatable bonds is 7. The molecule has 4 aromatic rings. The molecule has 1 aliphatic carbocycles. The smallest absolute Gasteiger partial charge is 0.341 e. The van der Waals surface area contributed by atoms with Crippen LogP contribution >= 0.6 is 0 Å². The zero-order valence-electron chi connectivity index (χ0n) is 19.5. The minimum Gasteiger partial charge on any atom is -0.477 e. The van der Waals surface area contributed by atoms with Gasteiger partial charge in [-0.3, -0.25) is 9.48 Å². The third-order valence-electron chi connectivity index (χ3n) is 6.97. The van der Waals surface area contributed by atoms with E-state index in [4.69, 9.17) is 0 Å². The number of aromatic carboxylic acids is 1. The van der Waals surface area contributed by atoms with Crippen LogP contribution in [0, 0.1) is 5.82 Å². The van der Waals surface area contributed by atoms with E-state index >= 15 is 4.39 Å². The summed E-state index contributed by atoms with van der Waals surface area (Å²) in [7, 11) is 0. The Kier molecular flexibility index (Phi) is 5.50. The molecule has 1 atom stereocenters. The second kappa shape index (κ2) is 8.85. The summed E-state index contributed by atoms with van der Waals surface area (Å²) in [6.07, 6.45) is 7.43. The monoisotopic (exact) mass is 488 g/mol. The summed E-state index contributed by atoms with van der Waals surface area (Å²) >= 11 is 0. The molecule has 0 unspecified atom stereocenters. The summed E-state index contributed by atoms with van der Waals surface area (Å²) in [6.45, 7) is 1.17. The molecule has 10 heteroatoms. The van der Waals surface area contributed by atoms with Gasteiger partial charge in [0.25, 0.3) is 0 Å². The van der Waals surface area contributed by atoms with Gasteiger partial charge in [-0.1, -0.05) is 35.5 Å². The zero-order chi connectivity index (χ0) is 24.8. The standard InChI is InChI=1S/C26H25FN6O3/c27-22-12-20-23(34)21(26(35)36)15-33(18-8-9-18)24(20)28-25(22)32-10-4-7-19(32)14-31-13-17(29-30-31)11-16-5-2-1-3-6-16/h1-3,5-6,12-13,15,18-19H,4,7-11,14H2,(H,35,36)/t19-/m0/s1. The number of anilines is 1. The van der Waals surface area contributed by atoms with Gasteiger partial charge < -0.3 is 14.6 Å². The van der Waals surface area contributed by atoms with Gasteiger partial charge in [-0.2, -0.15) is 0 Å². The molecule has 1 N–H and O–H groups in total. The fourth-order valence-corrected chi connectivity index (χ4v) is 5.06. The van der Waals surface area contributed by atoms with Gasteiger partial charge in [-0.15, -0.1) is 5.10 Å². The van der Waals surface area contributed by atoms with Crippen LogP contribution in [0.2, 0.25) is 0 Å². The van der Waals surface area contributed by atoms with Crippen LogP contribution in [-0.4, -0.2) is 48.2 Å². The highest BCUT2D eigenvalue weighted by atomic mass is 19.1. The second-order valence-corrected chi connectivity index (χ2v) is 9.56. The number of carboxylic acids is 1. The lowest BCUT2D eigenvalue weighted by atomic mass is 10.1. The summed E-state index contributed by atoms with van der Waals surface area (Å²) in [6, 6.07) is 11.2. The second-order valence-electron chi connectivity index (χ2n) is 9.56. The number of carboxylic acid groups (broad SMARTS) is 1. The van der Waals surface area contributed by atoms with E-state index in [0.717, 1.165) is 43.0 Å². The van der Waals surface area contributed by atoms with Crippen molar-refractivity contribution >= 4 is 22.8 Å². The van der Waals surface area contributed by atoms with Crippen LogP contribution in [0.3, 0.4) is 0 Å². The lowest BCUT2D eigenvalue weighted by Gasteiger charge is -2.26. The van der Waals surface area contributed by atoms with E-state index in [1.54, 1.807) is 9.25 Å². The predicted octanol–water partition coefficient (Wildman–Crippen LogP) is 3.42. The molecule has 1 saturated heterocycles. The minimum absolute atomic E-state index is 0.000581. The fraction of sp³-hybridized carbons (Fsp3) is 0.346. The Hall–Kier alpha value is -4.08. The first-order valence-corrected chi connectivity index (χ1v) is 12.2. The summed E-state index contributed by atoms with van der Waals surface area (Å²) in [5, 5.41) is 18.0. The molecule has 36 heavy (non-hydrogen) atoms. The van der Waals surface area contributed by atoms with Crippen LogP contribution in [0.1, 0.15) is 53.3 Å². The summed E-state index contributed by atoms with van der Waals surface area (Å²) in [5.74, 6) is -1.76. The van der Waals surface area contributed by atoms with Crippen molar-refractivity contribution in [3.05, 3.63) is 81.7 Å². The number of hydrogen-bond acceptors (Lipinski definition) is 6. The number of carbonyl (C=O) groups is 1. The van der Waals surface area contributed by atoms with E-state index in [2.05, 4.69) is 15.3 Å². The highest BCUT2D eigenvalue weighted by Crippen LogP contribution is 2.37. The largest absolute Gasteiger partial charge is 0.477 e. The molecule has 2 fully saturated rings. The third-order valence-corrected chi connectivity index (χ3v) is 6.97. The minimum atomic E-state index is -1.32. The van der Waals surface area contributed by atoms with Crippen molar-refractivity contribution < 1.29 is 14.3 Å². The van der Waals surface area contributed by atoms with Crippen molar-refractivity contribution in [2.45, 2.75) is 50.7 Å². The maximum atomic E-state index is 15.4. The zero-order valence-corrected chi connectivity index (χ0v) is 19.5. The Bertz CT molecular complexity index is 1510. The van der Waals surface area contributed by atoms with Crippen LogP contribution in [0.5, 0.6) is 0 Å². The Morgan fingerprint density at radius 2 is 1.94 bits per heavy atom. The lowest BCUT2D eigenvalue weighted by molar-refractivity contribution is 0.0695.